The van der Waals surface area contributed by atoms with Gasteiger partial charge in [-0.1, -0.05) is 0 Å². The number of rotatable bonds is 5. The van der Waals surface area contributed by atoms with Crippen LogP contribution >= 0.6 is 0 Å². The third kappa shape index (κ3) is 4.18. The number of aromatic hydroxyl groups is 1. The number of amides is 1. The lowest BCUT2D eigenvalue weighted by Crippen LogP contribution is -2.44. The highest BCUT2D eigenvalue weighted by molar-refractivity contribution is 5.94. The van der Waals surface area contributed by atoms with E-state index in [1.807, 2.05) is 0 Å². The number of hydrogen-bond donors (Lipinski definition) is 3. The Hall–Kier alpha value is -1.66. The Morgan fingerprint density at radius 3 is 3.00 bits per heavy atom. The van der Waals surface area contributed by atoms with Crippen molar-refractivity contribution in [2.45, 2.75) is 6.42 Å². The highest BCUT2D eigenvalue weighted by atomic mass is 16.3. The van der Waals surface area contributed by atoms with Crippen molar-refractivity contribution in [2.24, 2.45) is 0 Å². The van der Waals surface area contributed by atoms with Crippen molar-refractivity contribution in [3.63, 3.8) is 0 Å². The quantitative estimate of drug-likeness (QED) is 0.643. The van der Waals surface area contributed by atoms with E-state index in [2.05, 4.69) is 20.5 Å². The number of piperazine rings is 1. The summed E-state index contributed by atoms with van der Waals surface area (Å²) in [6.45, 7) is 5.78. The van der Waals surface area contributed by atoms with E-state index in [4.69, 9.17) is 0 Å². The number of carbonyl (C=O) groups excluding carboxylic acids is 1. The van der Waals surface area contributed by atoms with Crippen molar-refractivity contribution in [3.05, 3.63) is 24.0 Å². The minimum absolute atomic E-state index is 0.0814. The van der Waals surface area contributed by atoms with Gasteiger partial charge in [0.25, 0.3) is 5.91 Å². The maximum Gasteiger partial charge on any atom is 0.273 e. The van der Waals surface area contributed by atoms with Gasteiger partial charge in [0.1, 0.15) is 5.75 Å². The van der Waals surface area contributed by atoms with Crippen LogP contribution in [0, 0.1) is 0 Å². The number of nitrogens with one attached hydrogen (secondary N) is 2. The molecule has 1 aliphatic heterocycles. The fourth-order valence-electron chi connectivity index (χ4n) is 2.09. The number of pyridine rings is 1. The van der Waals surface area contributed by atoms with Gasteiger partial charge in [-0.3, -0.25) is 4.79 Å². The Labute approximate surface area is 112 Å². The lowest BCUT2D eigenvalue weighted by atomic mass is 10.3. The molecule has 3 N–H and O–H groups in total. The Morgan fingerprint density at radius 1 is 1.47 bits per heavy atom. The fraction of sp³-hybridized carbons (Fsp3) is 0.538. The van der Waals surface area contributed by atoms with E-state index in [1.165, 1.54) is 12.3 Å². The molecular formula is C13H20N4O2. The molecule has 1 amide bonds. The van der Waals surface area contributed by atoms with Crippen molar-refractivity contribution in [1.82, 2.24) is 20.5 Å². The van der Waals surface area contributed by atoms with Crippen LogP contribution in [-0.4, -0.2) is 60.2 Å². The molecule has 0 bridgehead atoms. The zero-order valence-electron chi connectivity index (χ0n) is 10.9. The lowest BCUT2D eigenvalue weighted by molar-refractivity contribution is 0.0943. The van der Waals surface area contributed by atoms with Gasteiger partial charge in [0, 0.05) is 38.9 Å². The van der Waals surface area contributed by atoms with Gasteiger partial charge >= 0.3 is 0 Å². The monoisotopic (exact) mass is 264 g/mol. The Balaban J connectivity index is 1.68. The van der Waals surface area contributed by atoms with Gasteiger partial charge in [-0.25, -0.2) is 4.98 Å². The summed E-state index contributed by atoms with van der Waals surface area (Å²) in [5, 5.41) is 15.6. The average molecular weight is 264 g/mol. The summed E-state index contributed by atoms with van der Waals surface area (Å²) in [5.74, 6) is -0.402. The third-order valence-corrected chi connectivity index (χ3v) is 3.15. The predicted molar refractivity (Wildman–Crippen MR) is 72.2 cm³/mol. The van der Waals surface area contributed by atoms with Gasteiger partial charge in [0.2, 0.25) is 0 Å². The van der Waals surface area contributed by atoms with Gasteiger partial charge in [-0.15, -0.1) is 0 Å². The molecule has 1 aliphatic rings. The summed E-state index contributed by atoms with van der Waals surface area (Å²) in [4.78, 5) is 18.0. The van der Waals surface area contributed by atoms with Gasteiger partial charge in [0.15, 0.2) is 5.69 Å². The molecule has 0 aromatic carbocycles. The topological polar surface area (TPSA) is 77.5 Å². The zero-order valence-corrected chi connectivity index (χ0v) is 10.9. The molecule has 1 fully saturated rings. The highest BCUT2D eigenvalue weighted by Crippen LogP contribution is 2.11. The summed E-state index contributed by atoms with van der Waals surface area (Å²) in [6.07, 6.45) is 2.40. The first-order valence-corrected chi connectivity index (χ1v) is 6.62. The van der Waals surface area contributed by atoms with Crippen LogP contribution in [0.25, 0.3) is 0 Å². The second kappa shape index (κ2) is 7.06. The molecule has 1 aromatic rings. The summed E-state index contributed by atoms with van der Waals surface area (Å²) >= 11 is 0. The Morgan fingerprint density at radius 2 is 2.26 bits per heavy atom. The van der Waals surface area contributed by atoms with Gasteiger partial charge < -0.3 is 20.6 Å². The summed E-state index contributed by atoms with van der Waals surface area (Å²) < 4.78 is 0. The second-order valence-corrected chi connectivity index (χ2v) is 4.57. The summed E-state index contributed by atoms with van der Waals surface area (Å²) in [7, 11) is 0. The molecule has 104 valence electrons. The van der Waals surface area contributed by atoms with Crippen LogP contribution in [0.2, 0.25) is 0 Å². The van der Waals surface area contributed by atoms with Crippen LogP contribution in [0.5, 0.6) is 5.75 Å². The maximum absolute atomic E-state index is 11.8. The van der Waals surface area contributed by atoms with Crippen LogP contribution < -0.4 is 10.6 Å². The van der Waals surface area contributed by atoms with Crippen molar-refractivity contribution >= 4 is 5.91 Å². The number of aromatic nitrogens is 1. The molecule has 6 nitrogen and oxygen atoms in total. The molecule has 2 heterocycles. The average Bonchev–Trinajstić information content (AvgIpc) is 2.45. The number of nitrogens with zero attached hydrogens (tertiary/aromatic N) is 2. The molecule has 6 heteroatoms. The van der Waals surface area contributed by atoms with E-state index in [9.17, 15) is 9.90 Å². The van der Waals surface area contributed by atoms with Crippen molar-refractivity contribution in [2.75, 3.05) is 39.3 Å². The minimum atomic E-state index is -0.321. The SMILES string of the molecule is O=C(NCCCN1CCNCC1)c1ncccc1O. The van der Waals surface area contributed by atoms with E-state index in [-0.39, 0.29) is 17.4 Å². The second-order valence-electron chi connectivity index (χ2n) is 4.57. The molecule has 0 saturated carbocycles. The van der Waals surface area contributed by atoms with Crippen LogP contribution in [0.15, 0.2) is 18.3 Å². The van der Waals surface area contributed by atoms with Crippen molar-refractivity contribution in [1.29, 1.82) is 0 Å². The van der Waals surface area contributed by atoms with E-state index >= 15 is 0 Å². The molecule has 19 heavy (non-hydrogen) atoms. The Bertz CT molecular complexity index is 419. The molecule has 1 saturated heterocycles. The standard InChI is InChI=1S/C13H20N4O2/c18-11-3-1-4-15-12(11)13(19)16-5-2-8-17-9-6-14-7-10-17/h1,3-4,14,18H,2,5-10H2,(H,16,19). The smallest absolute Gasteiger partial charge is 0.273 e. The van der Waals surface area contributed by atoms with Crippen LogP contribution in [0.4, 0.5) is 0 Å². The molecule has 1 aromatic heterocycles. The predicted octanol–water partition coefficient (Wildman–Crippen LogP) is -0.188. The first kappa shape index (κ1) is 13.8. The minimum Gasteiger partial charge on any atom is -0.505 e. The third-order valence-electron chi connectivity index (χ3n) is 3.15. The summed E-state index contributed by atoms with van der Waals surface area (Å²) in [6, 6.07) is 3.05. The first-order chi connectivity index (χ1) is 9.27. The van der Waals surface area contributed by atoms with Crippen LogP contribution in [0.3, 0.4) is 0 Å². The highest BCUT2D eigenvalue weighted by Gasteiger charge is 2.12. The van der Waals surface area contributed by atoms with Crippen LogP contribution in [0.1, 0.15) is 16.9 Å². The number of hydrogen-bond acceptors (Lipinski definition) is 5. The van der Waals surface area contributed by atoms with E-state index in [1.54, 1.807) is 6.07 Å². The zero-order chi connectivity index (χ0) is 13.5. The van der Waals surface area contributed by atoms with Crippen LogP contribution in [-0.2, 0) is 0 Å². The van der Waals surface area contributed by atoms with Gasteiger partial charge in [-0.05, 0) is 25.1 Å². The van der Waals surface area contributed by atoms with Crippen molar-refractivity contribution in [3.8, 4) is 5.75 Å². The Kier molecular flexibility index (Phi) is 5.11. The molecule has 0 aliphatic carbocycles. The molecule has 0 radical (unpaired) electrons. The van der Waals surface area contributed by atoms with E-state index in [0.29, 0.717) is 6.54 Å². The van der Waals surface area contributed by atoms with Gasteiger partial charge in [0.05, 0.1) is 0 Å². The molecule has 0 atom stereocenters. The van der Waals surface area contributed by atoms with Crippen molar-refractivity contribution < 1.29 is 9.90 Å². The lowest BCUT2D eigenvalue weighted by Gasteiger charge is -2.27. The first-order valence-electron chi connectivity index (χ1n) is 6.62. The largest absolute Gasteiger partial charge is 0.505 e. The normalized spacial score (nSPS) is 16.2. The van der Waals surface area contributed by atoms with E-state index < -0.39 is 0 Å². The molecular weight excluding hydrogens is 244 g/mol. The summed E-state index contributed by atoms with van der Waals surface area (Å²) in [5.41, 5.74) is 0.0877. The maximum atomic E-state index is 11.8. The van der Waals surface area contributed by atoms with E-state index in [0.717, 1.165) is 39.1 Å². The molecule has 2 rings (SSSR count). The van der Waals surface area contributed by atoms with Gasteiger partial charge in [-0.2, -0.15) is 0 Å². The number of carbonyl (C=O) groups is 1. The molecule has 0 unspecified atom stereocenters. The molecule has 0 spiro atoms. The fourth-order valence-corrected chi connectivity index (χ4v) is 2.09.